The Bertz CT molecular complexity index is 356. The first-order valence-corrected chi connectivity index (χ1v) is 5.04. The molecule has 70 valence electrons. The normalized spacial score (nSPS) is 18.7. The van der Waals surface area contributed by atoms with Crippen LogP contribution in [0.4, 0.5) is 0 Å². The van der Waals surface area contributed by atoms with Gasteiger partial charge < -0.3 is 10.2 Å². The van der Waals surface area contributed by atoms with Gasteiger partial charge in [-0.15, -0.1) is 0 Å². The second-order valence-electron chi connectivity index (χ2n) is 3.65. The van der Waals surface area contributed by atoms with Gasteiger partial charge in [-0.3, -0.25) is 0 Å². The SMILES string of the molecule is Cc1cc(Br)cc(C2(O)CC2)c1O. The van der Waals surface area contributed by atoms with Gasteiger partial charge in [0, 0.05) is 10.0 Å². The van der Waals surface area contributed by atoms with Crippen molar-refractivity contribution in [1.82, 2.24) is 0 Å². The van der Waals surface area contributed by atoms with Gasteiger partial charge in [-0.2, -0.15) is 0 Å². The maximum atomic E-state index is 9.85. The Morgan fingerprint density at radius 1 is 1.38 bits per heavy atom. The molecule has 2 N–H and O–H groups in total. The molecule has 3 heteroatoms. The van der Waals surface area contributed by atoms with Crippen molar-refractivity contribution in [3.05, 3.63) is 27.7 Å². The number of benzene rings is 1. The molecule has 1 aliphatic carbocycles. The molecule has 0 aliphatic heterocycles. The fourth-order valence-electron chi connectivity index (χ4n) is 1.48. The zero-order chi connectivity index (χ0) is 9.64. The van der Waals surface area contributed by atoms with E-state index in [1.165, 1.54) is 0 Å². The number of aromatic hydroxyl groups is 1. The van der Waals surface area contributed by atoms with Crippen molar-refractivity contribution in [1.29, 1.82) is 0 Å². The van der Waals surface area contributed by atoms with E-state index >= 15 is 0 Å². The molecule has 0 aromatic heterocycles. The molecule has 0 spiro atoms. The van der Waals surface area contributed by atoms with Crippen molar-refractivity contribution in [2.75, 3.05) is 0 Å². The third-order valence-corrected chi connectivity index (χ3v) is 2.95. The highest BCUT2D eigenvalue weighted by Crippen LogP contribution is 2.49. The summed E-state index contributed by atoms with van der Waals surface area (Å²) in [6, 6.07) is 3.62. The van der Waals surface area contributed by atoms with E-state index in [1.54, 1.807) is 6.07 Å². The largest absolute Gasteiger partial charge is 0.507 e. The molecular formula is C10H11BrO2. The van der Waals surface area contributed by atoms with Gasteiger partial charge in [0.25, 0.3) is 0 Å². The minimum atomic E-state index is -0.765. The van der Waals surface area contributed by atoms with Crippen molar-refractivity contribution in [3.63, 3.8) is 0 Å². The third-order valence-electron chi connectivity index (χ3n) is 2.49. The predicted molar refractivity (Wildman–Crippen MR) is 53.7 cm³/mol. The number of hydrogen-bond acceptors (Lipinski definition) is 2. The second-order valence-corrected chi connectivity index (χ2v) is 4.57. The van der Waals surface area contributed by atoms with Crippen LogP contribution in [0.2, 0.25) is 0 Å². The van der Waals surface area contributed by atoms with Crippen LogP contribution in [-0.2, 0) is 5.60 Å². The maximum Gasteiger partial charge on any atom is 0.124 e. The van der Waals surface area contributed by atoms with E-state index in [4.69, 9.17) is 0 Å². The topological polar surface area (TPSA) is 40.5 Å². The number of aliphatic hydroxyl groups is 1. The van der Waals surface area contributed by atoms with E-state index in [-0.39, 0.29) is 5.75 Å². The Hall–Kier alpha value is -0.540. The Balaban J connectivity index is 2.56. The smallest absolute Gasteiger partial charge is 0.124 e. The summed E-state index contributed by atoms with van der Waals surface area (Å²) in [7, 11) is 0. The Labute approximate surface area is 85.3 Å². The lowest BCUT2D eigenvalue weighted by Crippen LogP contribution is -2.05. The second kappa shape index (κ2) is 2.72. The summed E-state index contributed by atoms with van der Waals surface area (Å²) < 4.78 is 0.901. The molecular weight excluding hydrogens is 232 g/mol. The summed E-state index contributed by atoms with van der Waals surface area (Å²) in [5, 5.41) is 19.6. The number of phenolic OH excluding ortho intramolecular Hbond substituents is 1. The fraction of sp³-hybridized carbons (Fsp3) is 0.400. The molecule has 13 heavy (non-hydrogen) atoms. The van der Waals surface area contributed by atoms with Gasteiger partial charge in [-0.1, -0.05) is 15.9 Å². The van der Waals surface area contributed by atoms with Crippen LogP contribution >= 0.6 is 15.9 Å². The molecule has 0 radical (unpaired) electrons. The zero-order valence-corrected chi connectivity index (χ0v) is 8.93. The Kier molecular flexibility index (Phi) is 1.89. The van der Waals surface area contributed by atoms with Gasteiger partial charge in [0.05, 0.1) is 5.60 Å². The number of phenols is 1. The standard InChI is InChI=1S/C10H11BrO2/c1-6-4-7(11)5-8(9(6)12)10(13)2-3-10/h4-5,12-13H,2-3H2,1H3. The van der Waals surface area contributed by atoms with E-state index in [2.05, 4.69) is 15.9 Å². The van der Waals surface area contributed by atoms with E-state index in [0.717, 1.165) is 22.9 Å². The summed E-state index contributed by atoms with van der Waals surface area (Å²) >= 11 is 3.35. The van der Waals surface area contributed by atoms with Crippen LogP contribution in [0.5, 0.6) is 5.75 Å². The first kappa shape index (κ1) is 9.03. The van der Waals surface area contributed by atoms with E-state index in [1.807, 2.05) is 13.0 Å². The summed E-state index contributed by atoms with van der Waals surface area (Å²) in [4.78, 5) is 0. The Morgan fingerprint density at radius 3 is 2.54 bits per heavy atom. The lowest BCUT2D eigenvalue weighted by Gasteiger charge is -2.12. The van der Waals surface area contributed by atoms with E-state index < -0.39 is 5.60 Å². The quantitative estimate of drug-likeness (QED) is 0.795. The molecule has 0 bridgehead atoms. The van der Waals surface area contributed by atoms with Crippen molar-refractivity contribution in [2.24, 2.45) is 0 Å². The van der Waals surface area contributed by atoms with Gasteiger partial charge >= 0.3 is 0 Å². The van der Waals surface area contributed by atoms with Crippen LogP contribution in [0.1, 0.15) is 24.0 Å². The monoisotopic (exact) mass is 242 g/mol. The maximum absolute atomic E-state index is 9.85. The van der Waals surface area contributed by atoms with Crippen LogP contribution in [0.25, 0.3) is 0 Å². The number of aryl methyl sites for hydroxylation is 1. The van der Waals surface area contributed by atoms with Gasteiger partial charge in [0.15, 0.2) is 0 Å². The third kappa shape index (κ3) is 1.46. The van der Waals surface area contributed by atoms with Crippen LogP contribution < -0.4 is 0 Å². The van der Waals surface area contributed by atoms with Crippen molar-refractivity contribution >= 4 is 15.9 Å². The summed E-state index contributed by atoms with van der Waals surface area (Å²) in [6.45, 7) is 1.83. The minimum absolute atomic E-state index is 0.225. The van der Waals surface area contributed by atoms with Gasteiger partial charge in [0.2, 0.25) is 0 Å². The molecule has 1 aromatic rings. The highest BCUT2D eigenvalue weighted by molar-refractivity contribution is 9.10. The van der Waals surface area contributed by atoms with E-state index in [0.29, 0.717) is 5.56 Å². The lowest BCUT2D eigenvalue weighted by molar-refractivity contribution is 0.147. The highest BCUT2D eigenvalue weighted by atomic mass is 79.9. The highest BCUT2D eigenvalue weighted by Gasteiger charge is 2.44. The van der Waals surface area contributed by atoms with Crippen molar-refractivity contribution in [2.45, 2.75) is 25.4 Å². The molecule has 0 heterocycles. The molecule has 0 saturated heterocycles. The molecule has 1 fully saturated rings. The van der Waals surface area contributed by atoms with Gasteiger partial charge in [0.1, 0.15) is 5.75 Å². The molecule has 0 unspecified atom stereocenters. The number of halogens is 1. The van der Waals surface area contributed by atoms with Crippen molar-refractivity contribution < 1.29 is 10.2 Å². The summed E-state index contributed by atoms with van der Waals surface area (Å²) in [6.07, 6.45) is 1.49. The van der Waals surface area contributed by atoms with Crippen LogP contribution in [0.15, 0.2) is 16.6 Å². The molecule has 1 aromatic carbocycles. The lowest BCUT2D eigenvalue weighted by atomic mass is 10.0. The van der Waals surface area contributed by atoms with E-state index in [9.17, 15) is 10.2 Å². The molecule has 2 rings (SSSR count). The predicted octanol–water partition coefficient (Wildman–Crippen LogP) is 2.44. The average Bonchev–Trinajstić information content (AvgIpc) is 2.77. The van der Waals surface area contributed by atoms with Crippen LogP contribution in [-0.4, -0.2) is 10.2 Å². The zero-order valence-electron chi connectivity index (χ0n) is 7.34. The van der Waals surface area contributed by atoms with Crippen LogP contribution in [0.3, 0.4) is 0 Å². The number of rotatable bonds is 1. The van der Waals surface area contributed by atoms with Crippen molar-refractivity contribution in [3.8, 4) is 5.75 Å². The Morgan fingerprint density at radius 2 is 2.00 bits per heavy atom. The average molecular weight is 243 g/mol. The molecule has 1 aliphatic rings. The summed E-state index contributed by atoms with van der Waals surface area (Å²) in [5.41, 5.74) is 0.683. The fourth-order valence-corrected chi connectivity index (χ4v) is 2.05. The van der Waals surface area contributed by atoms with Gasteiger partial charge in [-0.05, 0) is 37.5 Å². The van der Waals surface area contributed by atoms with Gasteiger partial charge in [-0.25, -0.2) is 0 Å². The number of hydrogen-bond donors (Lipinski definition) is 2. The summed E-state index contributed by atoms with van der Waals surface area (Å²) in [5.74, 6) is 0.225. The van der Waals surface area contributed by atoms with Crippen LogP contribution in [0, 0.1) is 6.92 Å². The molecule has 0 amide bonds. The molecule has 1 saturated carbocycles. The molecule has 2 nitrogen and oxygen atoms in total. The molecule has 0 atom stereocenters. The first-order chi connectivity index (χ1) is 6.03. The minimum Gasteiger partial charge on any atom is -0.507 e. The first-order valence-electron chi connectivity index (χ1n) is 4.25.